The molecule has 2 aliphatic heterocycles. The largest absolute Gasteiger partial charge is 0.325 e. The number of fused-ring (bicyclic) bond motifs is 1. The number of aryl methyl sites for hydroxylation is 1. The lowest BCUT2D eigenvalue weighted by molar-refractivity contribution is -0.133. The number of ketones is 1. The van der Waals surface area contributed by atoms with Crippen LogP contribution in [0.5, 0.6) is 0 Å². The van der Waals surface area contributed by atoms with Gasteiger partial charge in [0.1, 0.15) is 5.54 Å². The Morgan fingerprint density at radius 1 is 1.23 bits per heavy atom. The van der Waals surface area contributed by atoms with Gasteiger partial charge in [-0.05, 0) is 55.4 Å². The first-order valence-corrected chi connectivity index (χ1v) is 12.3. The monoisotopic (exact) mass is 433 g/mol. The molecule has 0 unspecified atom stereocenters. The van der Waals surface area contributed by atoms with E-state index in [0.29, 0.717) is 37.1 Å². The van der Waals surface area contributed by atoms with E-state index in [0.717, 1.165) is 29.7 Å². The Morgan fingerprint density at radius 3 is 2.70 bits per heavy atom. The fourth-order valence-corrected chi connectivity index (χ4v) is 5.95. The summed E-state index contributed by atoms with van der Waals surface area (Å²) < 4.78 is 25.4. The van der Waals surface area contributed by atoms with Crippen molar-refractivity contribution in [2.45, 2.75) is 51.0 Å². The summed E-state index contributed by atoms with van der Waals surface area (Å²) in [6.07, 6.45) is 5.89. The average molecular weight is 434 g/mol. The van der Waals surface area contributed by atoms with Gasteiger partial charge in [-0.25, -0.2) is 13.2 Å². The van der Waals surface area contributed by atoms with Crippen LogP contribution in [0.2, 0.25) is 0 Å². The highest BCUT2D eigenvalue weighted by Crippen LogP contribution is 2.38. The van der Waals surface area contributed by atoms with Crippen molar-refractivity contribution in [3.8, 4) is 0 Å². The van der Waals surface area contributed by atoms with E-state index >= 15 is 0 Å². The molecule has 1 saturated heterocycles. The molecule has 0 bridgehead atoms. The van der Waals surface area contributed by atoms with E-state index in [1.54, 1.807) is 18.2 Å². The van der Waals surface area contributed by atoms with Crippen LogP contribution in [0.3, 0.4) is 0 Å². The van der Waals surface area contributed by atoms with Gasteiger partial charge in [-0.2, -0.15) is 0 Å². The molecule has 1 aromatic rings. The highest BCUT2D eigenvalue weighted by atomic mass is 32.2. The number of carbonyl (C=O) groups is 3. The van der Waals surface area contributed by atoms with Gasteiger partial charge < -0.3 is 5.32 Å². The van der Waals surface area contributed by atoms with Crippen LogP contribution in [0.1, 0.15) is 54.9 Å². The molecule has 3 amide bonds. The van der Waals surface area contributed by atoms with E-state index in [4.69, 9.17) is 0 Å². The molecule has 162 valence electrons. The summed E-state index contributed by atoms with van der Waals surface area (Å²) in [5.41, 5.74) is 0.862. The third-order valence-corrected chi connectivity index (χ3v) is 7.86. The third-order valence-electron chi connectivity index (χ3n) is 6.68. The number of benzene rings is 1. The number of nitrogens with zero attached hydrogens (tertiary/aromatic N) is 2. The SMILES string of the molecule is C[C@@H]1CCCC[C@]12NC(=O)N(CC(=O)c1ccc3c(c1)CCCN3S(C)(=O)=O)C2=O. The van der Waals surface area contributed by atoms with Crippen LogP contribution >= 0.6 is 0 Å². The molecular weight excluding hydrogens is 406 g/mol. The summed E-state index contributed by atoms with van der Waals surface area (Å²) in [6.45, 7) is 2.08. The number of urea groups is 1. The van der Waals surface area contributed by atoms with Crippen LogP contribution in [0.15, 0.2) is 18.2 Å². The Hall–Kier alpha value is -2.42. The number of imide groups is 1. The molecule has 4 rings (SSSR count). The molecule has 0 radical (unpaired) electrons. The van der Waals surface area contributed by atoms with Crippen molar-refractivity contribution in [3.05, 3.63) is 29.3 Å². The zero-order chi connectivity index (χ0) is 21.7. The number of hydrogen-bond donors (Lipinski definition) is 1. The van der Waals surface area contributed by atoms with E-state index in [9.17, 15) is 22.8 Å². The lowest BCUT2D eigenvalue weighted by Crippen LogP contribution is -2.54. The van der Waals surface area contributed by atoms with E-state index in [2.05, 4.69) is 5.32 Å². The van der Waals surface area contributed by atoms with Gasteiger partial charge in [0.25, 0.3) is 5.91 Å². The molecule has 1 aliphatic carbocycles. The van der Waals surface area contributed by atoms with Gasteiger partial charge in [-0.1, -0.05) is 19.8 Å². The van der Waals surface area contributed by atoms with Crippen LogP contribution in [0.4, 0.5) is 10.5 Å². The second-order valence-electron chi connectivity index (χ2n) is 8.64. The molecule has 1 aromatic carbocycles. The Bertz CT molecular complexity index is 1020. The van der Waals surface area contributed by atoms with Crippen molar-refractivity contribution in [3.63, 3.8) is 0 Å². The van der Waals surface area contributed by atoms with Crippen LogP contribution in [-0.2, 0) is 21.2 Å². The number of amides is 3. The van der Waals surface area contributed by atoms with Crippen molar-refractivity contribution < 1.29 is 22.8 Å². The smallest absolute Gasteiger partial charge is 0.323 e. The maximum Gasteiger partial charge on any atom is 0.325 e. The molecule has 1 N–H and O–H groups in total. The fraction of sp³-hybridized carbons (Fsp3) is 0.571. The maximum absolute atomic E-state index is 13.1. The molecule has 1 spiro atoms. The number of Topliss-reactive ketones (excluding diaryl/α,β-unsaturated/α-hetero) is 1. The van der Waals surface area contributed by atoms with Crippen molar-refractivity contribution in [1.29, 1.82) is 0 Å². The normalized spacial score (nSPS) is 26.7. The zero-order valence-electron chi connectivity index (χ0n) is 17.3. The molecule has 0 aromatic heterocycles. The molecule has 2 atom stereocenters. The van der Waals surface area contributed by atoms with Gasteiger partial charge in [-0.3, -0.25) is 18.8 Å². The predicted molar refractivity (Wildman–Crippen MR) is 112 cm³/mol. The first kappa shape index (κ1) is 20.8. The third kappa shape index (κ3) is 3.38. The number of nitrogens with one attached hydrogen (secondary N) is 1. The summed E-state index contributed by atoms with van der Waals surface area (Å²) >= 11 is 0. The number of rotatable bonds is 4. The van der Waals surface area contributed by atoms with Crippen molar-refractivity contribution >= 4 is 33.4 Å². The van der Waals surface area contributed by atoms with Crippen LogP contribution < -0.4 is 9.62 Å². The summed E-state index contributed by atoms with van der Waals surface area (Å²) in [5.74, 6) is -0.610. The predicted octanol–water partition coefficient (Wildman–Crippen LogP) is 2.08. The number of sulfonamides is 1. The molecule has 9 heteroatoms. The molecule has 2 heterocycles. The molecule has 8 nitrogen and oxygen atoms in total. The van der Waals surface area contributed by atoms with Gasteiger partial charge in [0.15, 0.2) is 5.78 Å². The molecule has 1 saturated carbocycles. The minimum atomic E-state index is -3.38. The van der Waals surface area contributed by atoms with Gasteiger partial charge >= 0.3 is 6.03 Å². The fourth-order valence-electron chi connectivity index (χ4n) is 4.95. The number of carbonyl (C=O) groups excluding carboxylic acids is 3. The number of anilines is 1. The summed E-state index contributed by atoms with van der Waals surface area (Å²) in [7, 11) is -3.38. The van der Waals surface area contributed by atoms with Crippen LogP contribution in [0.25, 0.3) is 0 Å². The first-order chi connectivity index (χ1) is 14.1. The molecule has 3 aliphatic rings. The Kier molecular flexibility index (Phi) is 5.12. The number of hydrogen-bond acceptors (Lipinski definition) is 5. The molecular formula is C21H27N3O5S. The van der Waals surface area contributed by atoms with Crippen molar-refractivity contribution in [1.82, 2.24) is 10.2 Å². The zero-order valence-corrected chi connectivity index (χ0v) is 18.1. The Morgan fingerprint density at radius 2 is 2.00 bits per heavy atom. The van der Waals surface area contributed by atoms with E-state index in [1.165, 1.54) is 10.6 Å². The quantitative estimate of drug-likeness (QED) is 0.578. The van der Waals surface area contributed by atoms with Gasteiger partial charge in [-0.15, -0.1) is 0 Å². The maximum atomic E-state index is 13.1. The molecule has 2 fully saturated rings. The second-order valence-corrected chi connectivity index (χ2v) is 10.6. The van der Waals surface area contributed by atoms with E-state index in [1.807, 2.05) is 6.92 Å². The minimum absolute atomic E-state index is 0.0357. The summed E-state index contributed by atoms with van der Waals surface area (Å²) in [6, 6.07) is 4.39. The highest BCUT2D eigenvalue weighted by Gasteiger charge is 2.55. The Labute approximate surface area is 176 Å². The topological polar surface area (TPSA) is 104 Å². The van der Waals surface area contributed by atoms with Crippen molar-refractivity contribution in [2.24, 2.45) is 5.92 Å². The average Bonchev–Trinajstić information content (AvgIpc) is 2.93. The Balaban J connectivity index is 1.55. The summed E-state index contributed by atoms with van der Waals surface area (Å²) in [4.78, 5) is 39.5. The lowest BCUT2D eigenvalue weighted by atomic mass is 9.73. The van der Waals surface area contributed by atoms with Gasteiger partial charge in [0, 0.05) is 12.1 Å². The summed E-state index contributed by atoms with van der Waals surface area (Å²) in [5, 5.41) is 2.86. The van der Waals surface area contributed by atoms with Crippen molar-refractivity contribution in [2.75, 3.05) is 23.7 Å². The van der Waals surface area contributed by atoms with Crippen LogP contribution in [-0.4, -0.2) is 55.9 Å². The second kappa shape index (κ2) is 7.37. The highest BCUT2D eigenvalue weighted by molar-refractivity contribution is 7.92. The van der Waals surface area contributed by atoms with Gasteiger partial charge in [0.2, 0.25) is 10.0 Å². The van der Waals surface area contributed by atoms with E-state index in [-0.39, 0.29) is 24.2 Å². The molecule has 30 heavy (non-hydrogen) atoms. The minimum Gasteiger partial charge on any atom is -0.323 e. The van der Waals surface area contributed by atoms with Gasteiger partial charge in [0.05, 0.1) is 18.5 Å². The van der Waals surface area contributed by atoms with Crippen LogP contribution in [0, 0.1) is 5.92 Å². The first-order valence-electron chi connectivity index (χ1n) is 10.4. The lowest BCUT2D eigenvalue weighted by Gasteiger charge is -2.36. The van der Waals surface area contributed by atoms with E-state index < -0.39 is 21.6 Å². The standard InChI is InChI=1S/C21H27N3O5S/c1-14-6-3-4-10-21(14)19(26)23(20(27)22-21)13-18(25)16-8-9-17-15(12-16)7-5-11-24(17)30(2,28)29/h8-9,12,14H,3-7,10-11,13H2,1-2H3,(H,22,27)/t14-,21+/m1/s1.